The standard InChI is InChI=1S/C13H16N6O/c14-11-2-1-10(18-13-16-8-15-9-17-13)7-12(11)19-3-5-20-6-4-19/h1-2,7-9H,3-6,14H2,(H,15,16,17,18). The van der Waals surface area contributed by atoms with E-state index in [2.05, 4.69) is 25.2 Å². The minimum absolute atomic E-state index is 0.512. The van der Waals surface area contributed by atoms with E-state index in [0.717, 1.165) is 43.4 Å². The van der Waals surface area contributed by atoms with Gasteiger partial charge in [-0.1, -0.05) is 0 Å². The number of anilines is 4. The van der Waals surface area contributed by atoms with Crippen LogP contribution in [0.15, 0.2) is 30.9 Å². The molecule has 1 saturated heterocycles. The van der Waals surface area contributed by atoms with Crippen LogP contribution in [0.3, 0.4) is 0 Å². The second-order valence-electron chi connectivity index (χ2n) is 4.46. The zero-order valence-corrected chi connectivity index (χ0v) is 11.0. The minimum atomic E-state index is 0.512. The van der Waals surface area contributed by atoms with Gasteiger partial charge >= 0.3 is 0 Å². The minimum Gasteiger partial charge on any atom is -0.397 e. The summed E-state index contributed by atoms with van der Waals surface area (Å²) in [5, 5.41) is 3.13. The monoisotopic (exact) mass is 272 g/mol. The van der Waals surface area contributed by atoms with Gasteiger partial charge in [-0.2, -0.15) is 0 Å². The molecular weight excluding hydrogens is 256 g/mol. The van der Waals surface area contributed by atoms with Gasteiger partial charge in [0.1, 0.15) is 12.7 Å². The number of ether oxygens (including phenoxy) is 1. The van der Waals surface area contributed by atoms with Crippen molar-refractivity contribution in [3.8, 4) is 0 Å². The van der Waals surface area contributed by atoms with E-state index < -0.39 is 0 Å². The molecule has 0 aliphatic carbocycles. The Morgan fingerprint density at radius 1 is 1.15 bits per heavy atom. The van der Waals surface area contributed by atoms with E-state index in [1.54, 1.807) is 0 Å². The molecule has 2 aromatic rings. The molecule has 0 radical (unpaired) electrons. The second-order valence-corrected chi connectivity index (χ2v) is 4.46. The maximum atomic E-state index is 6.06. The van der Waals surface area contributed by atoms with Crippen molar-refractivity contribution < 1.29 is 4.74 Å². The molecule has 3 N–H and O–H groups in total. The number of nitrogens with zero attached hydrogens (tertiary/aromatic N) is 4. The van der Waals surface area contributed by atoms with Gasteiger partial charge in [0.2, 0.25) is 5.95 Å². The third-order valence-electron chi connectivity index (χ3n) is 3.13. The Hall–Kier alpha value is -2.41. The summed E-state index contributed by atoms with van der Waals surface area (Å²) in [6.07, 6.45) is 2.91. The molecule has 0 unspecified atom stereocenters. The molecule has 0 amide bonds. The topological polar surface area (TPSA) is 89.2 Å². The van der Waals surface area contributed by atoms with Gasteiger partial charge in [0, 0.05) is 18.8 Å². The fourth-order valence-electron chi connectivity index (χ4n) is 2.13. The van der Waals surface area contributed by atoms with Crippen LogP contribution < -0.4 is 16.0 Å². The number of aromatic nitrogens is 3. The highest BCUT2D eigenvalue weighted by Crippen LogP contribution is 2.28. The first kappa shape index (κ1) is 12.6. The number of benzene rings is 1. The van der Waals surface area contributed by atoms with E-state index in [1.165, 1.54) is 12.7 Å². The van der Waals surface area contributed by atoms with Crippen molar-refractivity contribution in [2.24, 2.45) is 0 Å². The molecule has 0 bridgehead atoms. The van der Waals surface area contributed by atoms with E-state index in [-0.39, 0.29) is 0 Å². The molecule has 20 heavy (non-hydrogen) atoms. The van der Waals surface area contributed by atoms with Crippen LogP contribution in [0.4, 0.5) is 23.0 Å². The zero-order chi connectivity index (χ0) is 13.8. The molecule has 7 nitrogen and oxygen atoms in total. The maximum absolute atomic E-state index is 6.06. The van der Waals surface area contributed by atoms with Crippen molar-refractivity contribution in [2.45, 2.75) is 0 Å². The first-order chi connectivity index (χ1) is 9.83. The number of rotatable bonds is 3. The van der Waals surface area contributed by atoms with Crippen molar-refractivity contribution >= 4 is 23.0 Å². The Balaban J connectivity index is 1.82. The molecule has 0 spiro atoms. The number of hydrogen-bond acceptors (Lipinski definition) is 7. The Morgan fingerprint density at radius 2 is 1.90 bits per heavy atom. The number of hydrogen-bond donors (Lipinski definition) is 2. The Kier molecular flexibility index (Phi) is 3.60. The van der Waals surface area contributed by atoms with E-state index in [4.69, 9.17) is 10.5 Å². The lowest BCUT2D eigenvalue weighted by atomic mass is 10.2. The van der Waals surface area contributed by atoms with Gasteiger partial charge in [-0.25, -0.2) is 15.0 Å². The molecule has 7 heteroatoms. The first-order valence-corrected chi connectivity index (χ1v) is 6.44. The van der Waals surface area contributed by atoms with Crippen molar-refractivity contribution in [1.29, 1.82) is 0 Å². The van der Waals surface area contributed by atoms with Gasteiger partial charge in [0.15, 0.2) is 0 Å². The average Bonchev–Trinajstić information content (AvgIpc) is 2.51. The van der Waals surface area contributed by atoms with E-state index in [9.17, 15) is 0 Å². The lowest BCUT2D eigenvalue weighted by Crippen LogP contribution is -2.36. The lowest BCUT2D eigenvalue weighted by molar-refractivity contribution is 0.123. The van der Waals surface area contributed by atoms with Crippen LogP contribution in [0.1, 0.15) is 0 Å². The Bertz CT molecular complexity index is 570. The van der Waals surface area contributed by atoms with Gasteiger partial charge < -0.3 is 20.7 Å². The quantitative estimate of drug-likeness (QED) is 0.807. The molecule has 1 aliphatic heterocycles. The molecule has 1 aromatic carbocycles. The SMILES string of the molecule is Nc1ccc(Nc2ncncn2)cc1N1CCOCC1. The highest BCUT2D eigenvalue weighted by atomic mass is 16.5. The summed E-state index contributed by atoms with van der Waals surface area (Å²) in [5.74, 6) is 0.512. The third-order valence-corrected chi connectivity index (χ3v) is 3.13. The zero-order valence-electron chi connectivity index (χ0n) is 11.0. The first-order valence-electron chi connectivity index (χ1n) is 6.44. The fraction of sp³-hybridized carbons (Fsp3) is 0.308. The van der Waals surface area contributed by atoms with Crippen molar-refractivity contribution in [3.63, 3.8) is 0 Å². The predicted octanol–water partition coefficient (Wildman–Crippen LogP) is 1.03. The van der Waals surface area contributed by atoms with E-state index in [0.29, 0.717) is 5.95 Å². The number of nitrogens with two attached hydrogens (primary N) is 1. The number of nitrogens with one attached hydrogen (secondary N) is 1. The van der Waals surface area contributed by atoms with Crippen LogP contribution in [0, 0.1) is 0 Å². The number of nitrogen functional groups attached to an aromatic ring is 1. The summed E-state index contributed by atoms with van der Waals surface area (Å²) in [4.78, 5) is 14.1. The third kappa shape index (κ3) is 2.77. The van der Waals surface area contributed by atoms with Crippen molar-refractivity contribution in [2.75, 3.05) is 42.3 Å². The molecule has 2 heterocycles. The van der Waals surface area contributed by atoms with Crippen LogP contribution in [0.5, 0.6) is 0 Å². The van der Waals surface area contributed by atoms with E-state index >= 15 is 0 Å². The van der Waals surface area contributed by atoms with Crippen LogP contribution in [0.25, 0.3) is 0 Å². The average molecular weight is 272 g/mol. The summed E-state index contributed by atoms with van der Waals surface area (Å²) >= 11 is 0. The van der Waals surface area contributed by atoms with Gasteiger partial charge in [-0.15, -0.1) is 0 Å². The summed E-state index contributed by atoms with van der Waals surface area (Å²) in [5.41, 5.74) is 8.72. The molecule has 0 atom stereocenters. The summed E-state index contributed by atoms with van der Waals surface area (Å²) < 4.78 is 5.36. The maximum Gasteiger partial charge on any atom is 0.230 e. The van der Waals surface area contributed by atoms with Crippen LogP contribution in [-0.2, 0) is 4.74 Å². The summed E-state index contributed by atoms with van der Waals surface area (Å²) in [7, 11) is 0. The molecule has 1 aromatic heterocycles. The van der Waals surface area contributed by atoms with Gasteiger partial charge in [-0.3, -0.25) is 0 Å². The second kappa shape index (κ2) is 5.70. The fourth-order valence-corrected chi connectivity index (χ4v) is 2.13. The van der Waals surface area contributed by atoms with Gasteiger partial charge in [-0.05, 0) is 18.2 Å². The van der Waals surface area contributed by atoms with Crippen molar-refractivity contribution in [1.82, 2.24) is 15.0 Å². The normalized spacial score (nSPS) is 15.1. The summed E-state index contributed by atoms with van der Waals surface area (Å²) in [6, 6.07) is 5.79. The summed E-state index contributed by atoms with van der Waals surface area (Å²) in [6.45, 7) is 3.15. The van der Waals surface area contributed by atoms with Crippen LogP contribution in [0.2, 0.25) is 0 Å². The van der Waals surface area contributed by atoms with Crippen LogP contribution in [-0.4, -0.2) is 41.3 Å². The molecule has 1 fully saturated rings. The molecule has 1 aliphatic rings. The Morgan fingerprint density at radius 3 is 2.65 bits per heavy atom. The highest BCUT2D eigenvalue weighted by molar-refractivity contribution is 5.74. The molecule has 104 valence electrons. The largest absolute Gasteiger partial charge is 0.397 e. The number of morpholine rings is 1. The van der Waals surface area contributed by atoms with Gasteiger partial charge in [0.05, 0.1) is 24.6 Å². The van der Waals surface area contributed by atoms with Crippen molar-refractivity contribution in [3.05, 3.63) is 30.9 Å². The highest BCUT2D eigenvalue weighted by Gasteiger charge is 2.14. The molecule has 3 rings (SSSR count). The van der Waals surface area contributed by atoms with Crippen LogP contribution >= 0.6 is 0 Å². The Labute approximate surface area is 116 Å². The lowest BCUT2D eigenvalue weighted by Gasteiger charge is -2.30. The predicted molar refractivity (Wildman–Crippen MR) is 77.0 cm³/mol. The van der Waals surface area contributed by atoms with Gasteiger partial charge in [0.25, 0.3) is 0 Å². The molecule has 0 saturated carbocycles. The van der Waals surface area contributed by atoms with E-state index in [1.807, 2.05) is 18.2 Å². The smallest absolute Gasteiger partial charge is 0.230 e. The molecular formula is C13H16N6O.